The molecule has 3 heterocycles. The van der Waals surface area contributed by atoms with Gasteiger partial charge in [-0.3, -0.25) is 4.40 Å². The summed E-state index contributed by atoms with van der Waals surface area (Å²) in [5.41, 5.74) is 9.44. The SMILES string of the molecule is Cc1cc(-c2nc(N)c3cc(I)ccc3n2)ccc1Oc1cc2nncn2cn1. The fraction of sp³-hybridized carbons (Fsp3) is 0.0500. The zero-order valence-corrected chi connectivity index (χ0v) is 17.4. The van der Waals surface area contributed by atoms with Crippen molar-refractivity contribution in [3.63, 3.8) is 0 Å². The molecular weight excluding hydrogens is 481 g/mol. The van der Waals surface area contributed by atoms with Gasteiger partial charge in [-0.1, -0.05) is 0 Å². The lowest BCUT2D eigenvalue weighted by Gasteiger charge is -2.10. The number of fused-ring (bicyclic) bond motifs is 2. The minimum atomic E-state index is 0.446. The van der Waals surface area contributed by atoms with E-state index in [1.54, 1.807) is 23.1 Å². The molecule has 0 saturated heterocycles. The number of nitrogens with zero attached hydrogens (tertiary/aromatic N) is 6. The van der Waals surface area contributed by atoms with Crippen molar-refractivity contribution in [3.05, 3.63) is 64.3 Å². The molecule has 5 aromatic rings. The molecule has 29 heavy (non-hydrogen) atoms. The van der Waals surface area contributed by atoms with Gasteiger partial charge in [0.05, 0.1) is 5.52 Å². The molecule has 0 atom stereocenters. The number of anilines is 1. The molecule has 0 aliphatic carbocycles. The quantitative estimate of drug-likeness (QED) is 0.377. The van der Waals surface area contributed by atoms with Gasteiger partial charge in [-0.05, 0) is 71.5 Å². The average Bonchev–Trinajstić information content (AvgIpc) is 3.18. The highest BCUT2D eigenvalue weighted by atomic mass is 127. The maximum absolute atomic E-state index is 6.17. The lowest BCUT2D eigenvalue weighted by molar-refractivity contribution is 0.458. The molecule has 5 rings (SSSR count). The summed E-state index contributed by atoms with van der Waals surface area (Å²) in [5, 5.41) is 8.69. The van der Waals surface area contributed by atoms with E-state index in [1.165, 1.54) is 0 Å². The Balaban J connectivity index is 1.49. The number of ether oxygens (including phenoxy) is 1. The molecule has 8 nitrogen and oxygen atoms in total. The van der Waals surface area contributed by atoms with Gasteiger partial charge < -0.3 is 10.5 Å². The number of halogens is 1. The lowest BCUT2D eigenvalue weighted by Crippen LogP contribution is -1.99. The fourth-order valence-corrected chi connectivity index (χ4v) is 3.53. The molecule has 2 aromatic carbocycles. The summed E-state index contributed by atoms with van der Waals surface area (Å²) < 4.78 is 8.73. The Morgan fingerprint density at radius 1 is 1.03 bits per heavy atom. The summed E-state index contributed by atoms with van der Waals surface area (Å²) in [6, 6.07) is 13.4. The van der Waals surface area contributed by atoms with E-state index >= 15 is 0 Å². The van der Waals surface area contributed by atoms with Crippen molar-refractivity contribution in [2.24, 2.45) is 0 Å². The van der Waals surface area contributed by atoms with Crippen LogP contribution in [0, 0.1) is 10.5 Å². The van der Waals surface area contributed by atoms with E-state index in [0.717, 1.165) is 25.6 Å². The van der Waals surface area contributed by atoms with Crippen LogP contribution >= 0.6 is 22.6 Å². The van der Waals surface area contributed by atoms with Crippen LogP contribution in [0.5, 0.6) is 11.6 Å². The van der Waals surface area contributed by atoms with Crippen molar-refractivity contribution in [2.75, 3.05) is 5.73 Å². The topological polar surface area (TPSA) is 104 Å². The molecule has 0 amide bonds. The molecule has 0 radical (unpaired) electrons. The molecule has 0 fully saturated rings. The van der Waals surface area contributed by atoms with E-state index in [9.17, 15) is 0 Å². The van der Waals surface area contributed by atoms with E-state index in [2.05, 4.69) is 47.7 Å². The highest BCUT2D eigenvalue weighted by molar-refractivity contribution is 14.1. The largest absolute Gasteiger partial charge is 0.439 e. The van der Waals surface area contributed by atoms with Crippen LogP contribution in [0.15, 0.2) is 55.1 Å². The van der Waals surface area contributed by atoms with Crippen molar-refractivity contribution in [1.82, 2.24) is 29.5 Å². The van der Waals surface area contributed by atoms with Crippen LogP contribution in [0.3, 0.4) is 0 Å². The number of nitrogen functional groups attached to an aromatic ring is 1. The van der Waals surface area contributed by atoms with Crippen molar-refractivity contribution < 1.29 is 4.74 Å². The van der Waals surface area contributed by atoms with E-state index in [1.807, 2.05) is 43.3 Å². The molecule has 142 valence electrons. The minimum Gasteiger partial charge on any atom is -0.439 e. The Hall–Kier alpha value is -3.34. The van der Waals surface area contributed by atoms with Gasteiger partial charge in [0.1, 0.15) is 24.2 Å². The van der Waals surface area contributed by atoms with Gasteiger partial charge in [0.25, 0.3) is 0 Å². The predicted octanol–water partition coefficient (Wildman–Crippen LogP) is 4.02. The number of benzene rings is 2. The molecule has 0 aliphatic rings. The molecule has 0 unspecified atom stereocenters. The molecule has 0 saturated carbocycles. The van der Waals surface area contributed by atoms with Gasteiger partial charge in [-0.15, -0.1) is 10.2 Å². The number of nitrogens with two attached hydrogens (primary N) is 1. The maximum atomic E-state index is 6.17. The molecule has 3 aromatic heterocycles. The highest BCUT2D eigenvalue weighted by Crippen LogP contribution is 2.30. The molecule has 0 bridgehead atoms. The van der Waals surface area contributed by atoms with Crippen molar-refractivity contribution >= 4 is 45.0 Å². The first-order valence-corrected chi connectivity index (χ1v) is 9.82. The Morgan fingerprint density at radius 3 is 2.79 bits per heavy atom. The van der Waals surface area contributed by atoms with Crippen LogP contribution in [-0.2, 0) is 0 Å². The third-order valence-corrected chi connectivity index (χ3v) is 5.17. The molecular formula is C20H14IN7O. The van der Waals surface area contributed by atoms with Crippen LogP contribution in [0.25, 0.3) is 27.9 Å². The molecule has 0 aliphatic heterocycles. The third kappa shape index (κ3) is 3.33. The molecule has 2 N–H and O–H groups in total. The van der Waals surface area contributed by atoms with Gasteiger partial charge in [-0.2, -0.15) is 0 Å². The molecule has 0 spiro atoms. The van der Waals surface area contributed by atoms with E-state index in [0.29, 0.717) is 28.9 Å². The van der Waals surface area contributed by atoms with Gasteiger partial charge >= 0.3 is 0 Å². The highest BCUT2D eigenvalue weighted by Gasteiger charge is 2.11. The monoisotopic (exact) mass is 495 g/mol. The van der Waals surface area contributed by atoms with Gasteiger partial charge in [0.2, 0.25) is 5.88 Å². The summed E-state index contributed by atoms with van der Waals surface area (Å²) in [4.78, 5) is 13.4. The van der Waals surface area contributed by atoms with Crippen molar-refractivity contribution in [1.29, 1.82) is 0 Å². The van der Waals surface area contributed by atoms with Crippen LogP contribution in [0.2, 0.25) is 0 Å². The predicted molar refractivity (Wildman–Crippen MR) is 118 cm³/mol. The second kappa shape index (κ2) is 6.92. The fourth-order valence-electron chi connectivity index (χ4n) is 3.04. The van der Waals surface area contributed by atoms with Crippen molar-refractivity contribution in [2.45, 2.75) is 6.92 Å². The van der Waals surface area contributed by atoms with Gasteiger partial charge in [0, 0.05) is 20.6 Å². The second-order valence-corrected chi connectivity index (χ2v) is 7.75. The van der Waals surface area contributed by atoms with Crippen molar-refractivity contribution in [3.8, 4) is 23.0 Å². The van der Waals surface area contributed by atoms with Gasteiger partial charge in [-0.25, -0.2) is 15.0 Å². The second-order valence-electron chi connectivity index (χ2n) is 6.50. The molecule has 9 heteroatoms. The Labute approximate surface area is 178 Å². The lowest BCUT2D eigenvalue weighted by atomic mass is 10.1. The van der Waals surface area contributed by atoms with Gasteiger partial charge in [0.15, 0.2) is 11.5 Å². The average molecular weight is 495 g/mol. The number of hydrogen-bond donors (Lipinski definition) is 1. The number of aryl methyl sites for hydroxylation is 1. The van der Waals surface area contributed by atoms with E-state index in [-0.39, 0.29) is 0 Å². The third-order valence-electron chi connectivity index (χ3n) is 4.50. The van der Waals surface area contributed by atoms with Crippen LogP contribution in [0.4, 0.5) is 5.82 Å². The normalized spacial score (nSPS) is 11.2. The summed E-state index contributed by atoms with van der Waals surface area (Å²) >= 11 is 2.25. The summed E-state index contributed by atoms with van der Waals surface area (Å²) in [6.45, 7) is 1.96. The number of hydrogen-bond acceptors (Lipinski definition) is 7. The Morgan fingerprint density at radius 2 is 1.93 bits per heavy atom. The first-order valence-electron chi connectivity index (χ1n) is 8.74. The Bertz CT molecular complexity index is 1380. The maximum Gasteiger partial charge on any atom is 0.224 e. The first kappa shape index (κ1) is 17.7. The standard InChI is InChI=1S/C20H14IN7O/c1-11-6-12(20-25-15-4-3-13(21)7-14(15)19(22)26-20)2-5-16(11)29-18-8-17-27-24-10-28(17)9-23-18/h2-10H,1H3,(H2,22,25,26). The van der Waals surface area contributed by atoms with Crippen LogP contribution < -0.4 is 10.5 Å². The first-order chi connectivity index (χ1) is 14.1. The smallest absolute Gasteiger partial charge is 0.224 e. The number of aromatic nitrogens is 6. The van der Waals surface area contributed by atoms with E-state index < -0.39 is 0 Å². The zero-order valence-electron chi connectivity index (χ0n) is 15.2. The number of rotatable bonds is 3. The summed E-state index contributed by atoms with van der Waals surface area (Å²) in [6.07, 6.45) is 3.20. The summed E-state index contributed by atoms with van der Waals surface area (Å²) in [5.74, 6) is 2.18. The zero-order chi connectivity index (χ0) is 20.0. The van der Waals surface area contributed by atoms with Crippen LogP contribution in [-0.4, -0.2) is 29.5 Å². The minimum absolute atomic E-state index is 0.446. The van der Waals surface area contributed by atoms with Crippen LogP contribution in [0.1, 0.15) is 5.56 Å². The Kier molecular flexibility index (Phi) is 4.23. The van der Waals surface area contributed by atoms with E-state index in [4.69, 9.17) is 10.5 Å². The summed E-state index contributed by atoms with van der Waals surface area (Å²) in [7, 11) is 0.